The summed E-state index contributed by atoms with van der Waals surface area (Å²) in [7, 11) is 6.26. The maximum atomic E-state index is 10.6. The molecule has 0 N–H and O–H groups in total. The molecule has 0 bridgehead atoms. The molecule has 0 rings (SSSR count). The Morgan fingerprint density at radius 2 is 1.47 bits per heavy atom. The molecule has 0 aliphatic heterocycles. The van der Waals surface area contributed by atoms with Crippen LogP contribution in [0.2, 0.25) is 0 Å². The molecule has 0 saturated heterocycles. The van der Waals surface area contributed by atoms with Crippen molar-refractivity contribution in [3.8, 4) is 0 Å². The quantitative estimate of drug-likeness (QED) is 0.544. The molecule has 1 radical (unpaired) electrons. The van der Waals surface area contributed by atoms with Gasteiger partial charge < -0.3 is 21.8 Å². The average Bonchev–Trinajstić information content (AvgIpc) is 1.77. The summed E-state index contributed by atoms with van der Waals surface area (Å²) in [6.07, 6.45) is 1.15. The van der Waals surface area contributed by atoms with Crippen LogP contribution in [0, 0.1) is 19.3 Å². The first-order chi connectivity index (χ1) is 6.20. The van der Waals surface area contributed by atoms with Gasteiger partial charge in [0.25, 0.3) is 0 Å². The summed E-state index contributed by atoms with van der Waals surface area (Å²) in [6.45, 7) is 5.14. The van der Waals surface area contributed by atoms with E-state index >= 15 is 0 Å². The summed E-state index contributed by atoms with van der Waals surface area (Å²) in [5, 5.41) is 10.6. The summed E-state index contributed by atoms with van der Waals surface area (Å²) in [6, 6.07) is 0. The second-order valence-corrected chi connectivity index (χ2v) is 5.54. The van der Waals surface area contributed by atoms with Crippen molar-refractivity contribution >= 4 is 5.97 Å². The Morgan fingerprint density at radius 3 is 1.68 bits per heavy atom. The van der Waals surface area contributed by atoms with Gasteiger partial charge in [-0.05, 0) is 18.8 Å². The Hall–Kier alpha value is 0.534. The standard InChI is InChI=1S/C11H23NO2.3CH4.CH3.Y/c1-9(2)6-10(7-11(13)14)8-12(3,4)5;;;;;/h9-10H,6-8H2,1-5H3;3*1H4;1H3;/q;;;;-1;. The summed E-state index contributed by atoms with van der Waals surface area (Å²) < 4.78 is 0.810. The molecule has 1 unspecified atom stereocenters. The molecule has 19 heavy (non-hydrogen) atoms. The van der Waals surface area contributed by atoms with Crippen LogP contribution >= 0.6 is 0 Å². The predicted molar refractivity (Wildman–Crippen MR) is 82.1 cm³/mol. The molecule has 0 saturated carbocycles. The number of hydrogen-bond acceptors (Lipinski definition) is 2. The van der Waals surface area contributed by atoms with Crippen LogP contribution < -0.4 is 5.11 Å². The van der Waals surface area contributed by atoms with E-state index in [1.807, 2.05) is 0 Å². The summed E-state index contributed by atoms with van der Waals surface area (Å²) in [5.41, 5.74) is 0. The fourth-order valence-corrected chi connectivity index (χ4v) is 1.90. The first-order valence-corrected chi connectivity index (χ1v) is 5.21. The van der Waals surface area contributed by atoms with Crippen LogP contribution in [0.25, 0.3) is 0 Å². The molecular formula is C15H38NO2Y-. The van der Waals surface area contributed by atoms with Gasteiger partial charge in [-0.25, -0.2) is 0 Å². The summed E-state index contributed by atoms with van der Waals surface area (Å²) in [5.74, 6) is -0.144. The molecule has 3 nitrogen and oxygen atoms in total. The largest absolute Gasteiger partial charge is 0.550 e. The zero-order chi connectivity index (χ0) is 11.4. The number of carboxylic acids is 1. The first kappa shape index (κ1) is 36.6. The zero-order valence-electron chi connectivity index (χ0n) is 11.6. The number of carboxylic acid groups (broad SMARTS) is 1. The number of quaternary nitrogens is 1. The molecule has 0 aliphatic carbocycles. The van der Waals surface area contributed by atoms with Crippen molar-refractivity contribution in [2.24, 2.45) is 11.8 Å². The van der Waals surface area contributed by atoms with E-state index in [-0.39, 0.29) is 74.8 Å². The number of carbonyl (C=O) groups excluding carboxylic acids is 1. The molecular weight excluding hydrogens is 315 g/mol. The minimum Gasteiger partial charge on any atom is -0.550 e. The minimum absolute atomic E-state index is 0. The Bertz CT molecular complexity index is 189. The molecule has 4 heteroatoms. The van der Waals surface area contributed by atoms with Gasteiger partial charge in [-0.1, -0.05) is 36.1 Å². The number of aliphatic carboxylic acids is 1. The van der Waals surface area contributed by atoms with Gasteiger partial charge in [0.2, 0.25) is 0 Å². The van der Waals surface area contributed by atoms with E-state index in [2.05, 4.69) is 35.0 Å². The van der Waals surface area contributed by atoms with Crippen molar-refractivity contribution in [3.63, 3.8) is 0 Å². The third-order valence-electron chi connectivity index (χ3n) is 2.07. The van der Waals surface area contributed by atoms with Crippen LogP contribution in [-0.4, -0.2) is 38.1 Å². The average molecular weight is 353 g/mol. The van der Waals surface area contributed by atoms with Crippen molar-refractivity contribution in [2.75, 3.05) is 27.7 Å². The van der Waals surface area contributed by atoms with Crippen LogP contribution in [0.3, 0.4) is 0 Å². The molecule has 0 aromatic carbocycles. The van der Waals surface area contributed by atoms with Crippen LogP contribution in [0.15, 0.2) is 0 Å². The Morgan fingerprint density at radius 1 is 1.11 bits per heavy atom. The third-order valence-corrected chi connectivity index (χ3v) is 2.07. The Kier molecular flexibility index (Phi) is 32.0. The second kappa shape index (κ2) is 16.6. The van der Waals surface area contributed by atoms with Gasteiger partial charge >= 0.3 is 0 Å². The van der Waals surface area contributed by atoms with Crippen LogP contribution in [0.5, 0.6) is 0 Å². The van der Waals surface area contributed by atoms with E-state index in [0.29, 0.717) is 5.92 Å². The number of hydrogen-bond donors (Lipinski definition) is 0. The van der Waals surface area contributed by atoms with Crippen molar-refractivity contribution in [2.45, 2.75) is 49.0 Å². The molecule has 0 fully saturated rings. The molecule has 0 aromatic heterocycles. The van der Waals surface area contributed by atoms with Gasteiger partial charge in [0.05, 0.1) is 27.7 Å². The zero-order valence-corrected chi connectivity index (χ0v) is 14.5. The van der Waals surface area contributed by atoms with Crippen molar-refractivity contribution in [3.05, 3.63) is 7.43 Å². The van der Waals surface area contributed by atoms with E-state index in [9.17, 15) is 9.90 Å². The topological polar surface area (TPSA) is 40.1 Å². The third kappa shape index (κ3) is 27.7. The van der Waals surface area contributed by atoms with Gasteiger partial charge in [-0.15, -0.1) is 0 Å². The summed E-state index contributed by atoms with van der Waals surface area (Å²) in [4.78, 5) is 10.6. The van der Waals surface area contributed by atoms with Crippen molar-refractivity contribution in [1.29, 1.82) is 0 Å². The van der Waals surface area contributed by atoms with E-state index in [1.54, 1.807) is 0 Å². The molecule has 0 aliphatic rings. The SMILES string of the molecule is C.C.C.CC(C)CC(CC(=O)[O-])C[N+](C)(C)C.[CH3-].[Y]. The maximum absolute atomic E-state index is 10.6. The Balaban J connectivity index is -0.0000000845. The number of rotatable bonds is 6. The van der Waals surface area contributed by atoms with Crippen LogP contribution in [0.4, 0.5) is 0 Å². The fourth-order valence-electron chi connectivity index (χ4n) is 1.90. The number of carbonyl (C=O) groups is 1. The van der Waals surface area contributed by atoms with Gasteiger partial charge in [0, 0.05) is 44.6 Å². The van der Waals surface area contributed by atoms with Gasteiger partial charge in [0.1, 0.15) is 0 Å². The monoisotopic (exact) mass is 353 g/mol. The smallest absolute Gasteiger partial charge is 0.0812 e. The van der Waals surface area contributed by atoms with Crippen molar-refractivity contribution < 1.29 is 47.1 Å². The molecule has 0 spiro atoms. The molecule has 119 valence electrons. The van der Waals surface area contributed by atoms with E-state index < -0.39 is 5.97 Å². The van der Waals surface area contributed by atoms with Gasteiger partial charge in [-0.3, -0.25) is 0 Å². The predicted octanol–water partition coefficient (Wildman–Crippen LogP) is 2.85. The molecule has 0 heterocycles. The van der Waals surface area contributed by atoms with E-state index in [0.717, 1.165) is 17.4 Å². The first-order valence-electron chi connectivity index (χ1n) is 5.21. The maximum Gasteiger partial charge on any atom is 0.0812 e. The minimum atomic E-state index is -0.927. The molecule has 0 amide bonds. The van der Waals surface area contributed by atoms with Crippen LogP contribution in [0.1, 0.15) is 49.0 Å². The molecule has 0 aromatic rings. The van der Waals surface area contributed by atoms with Gasteiger partial charge in [0.15, 0.2) is 0 Å². The normalized spacial score (nSPS) is 10.6. The second-order valence-electron chi connectivity index (χ2n) is 5.54. The fraction of sp³-hybridized carbons (Fsp3) is 0.867. The van der Waals surface area contributed by atoms with Gasteiger partial charge in [-0.2, -0.15) is 0 Å². The Labute approximate surface area is 148 Å². The van der Waals surface area contributed by atoms with Crippen molar-refractivity contribution in [1.82, 2.24) is 0 Å². The summed E-state index contributed by atoms with van der Waals surface area (Å²) >= 11 is 0. The van der Waals surface area contributed by atoms with Crippen LogP contribution in [-0.2, 0) is 37.5 Å². The molecule has 1 atom stereocenters. The van der Waals surface area contributed by atoms with E-state index in [4.69, 9.17) is 0 Å². The number of nitrogens with zero attached hydrogens (tertiary/aromatic N) is 1. The van der Waals surface area contributed by atoms with E-state index in [1.165, 1.54) is 0 Å².